The largest absolute Gasteiger partial charge is 0.494 e. The predicted octanol–water partition coefficient (Wildman–Crippen LogP) is 3.29. The predicted molar refractivity (Wildman–Crippen MR) is 104 cm³/mol. The molecule has 2 heterocycles. The van der Waals surface area contributed by atoms with E-state index in [0.29, 0.717) is 27.5 Å². The van der Waals surface area contributed by atoms with Gasteiger partial charge in [-0.1, -0.05) is 30.4 Å². The van der Waals surface area contributed by atoms with Crippen LogP contribution in [0.3, 0.4) is 0 Å². The van der Waals surface area contributed by atoms with E-state index < -0.39 is 0 Å². The number of nitrogens with zero attached hydrogens (tertiary/aromatic N) is 3. The fourth-order valence-corrected chi connectivity index (χ4v) is 3.53. The summed E-state index contributed by atoms with van der Waals surface area (Å²) in [6.45, 7) is 2.72. The Hall–Kier alpha value is -3.06. The number of hydrogen-bond acceptors (Lipinski definition) is 5. The lowest BCUT2D eigenvalue weighted by Gasteiger charge is -2.04. The maximum atomic E-state index is 13.3. The zero-order valence-electron chi connectivity index (χ0n) is 14.6. The number of rotatable bonds is 5. The lowest BCUT2D eigenvalue weighted by atomic mass is 10.2. The fraction of sp³-hybridized carbons (Fsp3) is 0.150. The molecule has 0 fully saturated rings. The molecular formula is C20H16FN3O2S. The van der Waals surface area contributed by atoms with E-state index in [9.17, 15) is 9.18 Å². The summed E-state index contributed by atoms with van der Waals surface area (Å²) in [7, 11) is 0. The summed E-state index contributed by atoms with van der Waals surface area (Å²) < 4.78 is 20.6. The standard InChI is InChI=1S/C20H16FN3O2S/c1-2-10-26-16-8-6-14(7-9-16)18-22-20-24(23-18)19(25)17(27-20)12-13-4-3-5-15(21)11-13/h3-9,11-12H,2,10H2,1H3. The van der Waals surface area contributed by atoms with Crippen molar-refractivity contribution in [1.29, 1.82) is 0 Å². The number of benzene rings is 2. The number of thiazole rings is 1. The van der Waals surface area contributed by atoms with Crippen molar-refractivity contribution in [2.75, 3.05) is 6.61 Å². The highest BCUT2D eigenvalue weighted by molar-refractivity contribution is 7.15. The molecule has 136 valence electrons. The van der Waals surface area contributed by atoms with Crippen LogP contribution in [0.25, 0.3) is 22.4 Å². The van der Waals surface area contributed by atoms with Crippen molar-refractivity contribution in [2.24, 2.45) is 0 Å². The number of aromatic nitrogens is 3. The zero-order chi connectivity index (χ0) is 18.8. The highest BCUT2D eigenvalue weighted by Crippen LogP contribution is 2.20. The molecule has 0 amide bonds. The van der Waals surface area contributed by atoms with Gasteiger partial charge in [-0.25, -0.2) is 4.39 Å². The zero-order valence-corrected chi connectivity index (χ0v) is 15.4. The molecule has 5 nitrogen and oxygen atoms in total. The molecular weight excluding hydrogens is 365 g/mol. The summed E-state index contributed by atoms with van der Waals surface area (Å²) in [6, 6.07) is 13.6. The lowest BCUT2D eigenvalue weighted by molar-refractivity contribution is 0.317. The fourth-order valence-electron chi connectivity index (χ4n) is 2.62. The Morgan fingerprint density at radius 2 is 2.04 bits per heavy atom. The second-order valence-electron chi connectivity index (χ2n) is 5.97. The maximum absolute atomic E-state index is 13.3. The van der Waals surface area contributed by atoms with Crippen molar-refractivity contribution in [1.82, 2.24) is 14.6 Å². The van der Waals surface area contributed by atoms with Crippen molar-refractivity contribution >= 4 is 22.4 Å². The Morgan fingerprint density at radius 1 is 1.22 bits per heavy atom. The van der Waals surface area contributed by atoms with E-state index in [1.54, 1.807) is 18.2 Å². The smallest absolute Gasteiger partial charge is 0.291 e. The van der Waals surface area contributed by atoms with Gasteiger partial charge in [-0.2, -0.15) is 9.50 Å². The van der Waals surface area contributed by atoms with Gasteiger partial charge >= 0.3 is 0 Å². The SMILES string of the molecule is CCCOc1ccc(-c2nc3sc(=Cc4cccc(F)c4)c(=O)n3n2)cc1. The second-order valence-corrected chi connectivity index (χ2v) is 6.98. The molecule has 7 heteroatoms. The van der Waals surface area contributed by atoms with Crippen LogP contribution in [-0.2, 0) is 0 Å². The van der Waals surface area contributed by atoms with Crippen molar-refractivity contribution < 1.29 is 9.13 Å². The minimum Gasteiger partial charge on any atom is -0.494 e. The monoisotopic (exact) mass is 381 g/mol. The Morgan fingerprint density at radius 3 is 2.74 bits per heavy atom. The molecule has 4 rings (SSSR count). The number of fused-ring (bicyclic) bond motifs is 1. The van der Waals surface area contributed by atoms with Crippen LogP contribution < -0.4 is 14.8 Å². The Labute approximate surface area is 158 Å². The van der Waals surface area contributed by atoms with Gasteiger partial charge < -0.3 is 4.74 Å². The normalized spacial score (nSPS) is 12.0. The molecule has 0 N–H and O–H groups in total. The van der Waals surface area contributed by atoms with E-state index in [1.807, 2.05) is 24.3 Å². The molecule has 0 aliphatic heterocycles. The van der Waals surface area contributed by atoms with Gasteiger partial charge in [0, 0.05) is 5.56 Å². The molecule has 0 unspecified atom stereocenters. The molecule has 0 aliphatic rings. The van der Waals surface area contributed by atoms with Gasteiger partial charge in [0.05, 0.1) is 11.1 Å². The lowest BCUT2D eigenvalue weighted by Crippen LogP contribution is -2.23. The average Bonchev–Trinajstić information content (AvgIpc) is 3.20. The summed E-state index contributed by atoms with van der Waals surface area (Å²) in [5, 5.41) is 4.32. The van der Waals surface area contributed by atoms with Gasteiger partial charge in [0.2, 0.25) is 4.96 Å². The molecule has 0 saturated carbocycles. The third-order valence-corrected chi connectivity index (χ3v) is 4.87. The van der Waals surface area contributed by atoms with Crippen molar-refractivity contribution in [3.05, 3.63) is 74.8 Å². The summed E-state index contributed by atoms with van der Waals surface area (Å²) in [5.41, 5.74) is 1.17. The molecule has 0 atom stereocenters. The van der Waals surface area contributed by atoms with E-state index in [2.05, 4.69) is 17.0 Å². The average molecular weight is 381 g/mol. The van der Waals surface area contributed by atoms with Gasteiger partial charge in [-0.3, -0.25) is 4.79 Å². The van der Waals surface area contributed by atoms with E-state index in [0.717, 1.165) is 17.7 Å². The molecule has 27 heavy (non-hydrogen) atoms. The molecule has 0 radical (unpaired) electrons. The van der Waals surface area contributed by atoms with Crippen molar-refractivity contribution in [3.8, 4) is 17.1 Å². The molecule has 0 aliphatic carbocycles. The summed E-state index contributed by atoms with van der Waals surface area (Å²) >= 11 is 1.23. The second kappa shape index (κ2) is 7.28. The highest BCUT2D eigenvalue weighted by Gasteiger charge is 2.12. The van der Waals surface area contributed by atoms with Gasteiger partial charge in [-0.15, -0.1) is 5.10 Å². The summed E-state index contributed by atoms with van der Waals surface area (Å²) in [5.74, 6) is 0.931. The minimum absolute atomic E-state index is 0.263. The van der Waals surface area contributed by atoms with Gasteiger partial charge in [0.25, 0.3) is 5.56 Å². The van der Waals surface area contributed by atoms with Gasteiger partial charge in [0.15, 0.2) is 5.82 Å². The van der Waals surface area contributed by atoms with Crippen molar-refractivity contribution in [3.63, 3.8) is 0 Å². The van der Waals surface area contributed by atoms with Gasteiger partial charge in [-0.05, 0) is 54.5 Å². The highest BCUT2D eigenvalue weighted by atomic mass is 32.1. The molecule has 0 bridgehead atoms. The third-order valence-electron chi connectivity index (χ3n) is 3.91. The minimum atomic E-state index is -0.343. The van der Waals surface area contributed by atoms with Crippen LogP contribution in [0.15, 0.2) is 53.3 Å². The maximum Gasteiger partial charge on any atom is 0.291 e. The van der Waals surface area contributed by atoms with E-state index in [4.69, 9.17) is 4.74 Å². The van der Waals surface area contributed by atoms with Crippen LogP contribution in [0.5, 0.6) is 5.75 Å². The molecule has 4 aromatic rings. The first-order valence-corrected chi connectivity index (χ1v) is 9.36. The van der Waals surface area contributed by atoms with Gasteiger partial charge in [0.1, 0.15) is 11.6 Å². The van der Waals surface area contributed by atoms with Crippen LogP contribution in [0.1, 0.15) is 18.9 Å². The van der Waals surface area contributed by atoms with Crippen LogP contribution in [0, 0.1) is 5.82 Å². The Bertz CT molecular complexity index is 1200. The number of ether oxygens (including phenoxy) is 1. The molecule has 2 aromatic heterocycles. The van der Waals surface area contributed by atoms with Crippen molar-refractivity contribution in [2.45, 2.75) is 13.3 Å². The summed E-state index contributed by atoms with van der Waals surface area (Å²) in [4.78, 5) is 17.5. The van der Waals surface area contributed by atoms with Crippen LogP contribution in [0.2, 0.25) is 0 Å². The first-order chi connectivity index (χ1) is 13.1. The molecule has 0 saturated heterocycles. The van der Waals surface area contributed by atoms with Crippen LogP contribution in [0.4, 0.5) is 4.39 Å². The Kier molecular flexibility index (Phi) is 4.68. The van der Waals surface area contributed by atoms with E-state index in [1.165, 1.54) is 28.0 Å². The first-order valence-electron chi connectivity index (χ1n) is 8.54. The number of halogens is 1. The van der Waals surface area contributed by atoms with Crippen LogP contribution >= 0.6 is 11.3 Å². The Balaban J connectivity index is 1.67. The van der Waals surface area contributed by atoms with Crippen LogP contribution in [-0.4, -0.2) is 21.2 Å². The topological polar surface area (TPSA) is 56.5 Å². The third kappa shape index (κ3) is 3.59. The summed E-state index contributed by atoms with van der Waals surface area (Å²) in [6.07, 6.45) is 2.59. The van der Waals surface area contributed by atoms with E-state index >= 15 is 0 Å². The first kappa shape index (κ1) is 17.4. The van der Waals surface area contributed by atoms with E-state index in [-0.39, 0.29) is 11.4 Å². The molecule has 0 spiro atoms. The number of hydrogen-bond donors (Lipinski definition) is 0. The quantitative estimate of drug-likeness (QED) is 0.532. The molecule has 2 aromatic carbocycles.